The highest BCUT2D eigenvalue weighted by atomic mass is 16.5. The van der Waals surface area contributed by atoms with Crippen LogP contribution in [0.1, 0.15) is 33.1 Å². The van der Waals surface area contributed by atoms with Gasteiger partial charge in [-0.3, -0.25) is 9.59 Å². The van der Waals surface area contributed by atoms with Crippen molar-refractivity contribution in [3.8, 4) is 0 Å². The summed E-state index contributed by atoms with van der Waals surface area (Å²) in [6.07, 6.45) is 2.21. The molecule has 2 heterocycles. The normalized spacial score (nSPS) is 31.4. The van der Waals surface area contributed by atoms with Crippen molar-refractivity contribution in [2.24, 2.45) is 0 Å². The first kappa shape index (κ1) is 16.2. The van der Waals surface area contributed by atoms with Gasteiger partial charge in [0.15, 0.2) is 0 Å². The van der Waals surface area contributed by atoms with Crippen molar-refractivity contribution in [3.05, 3.63) is 0 Å². The number of rotatable bonds is 5. The van der Waals surface area contributed by atoms with E-state index in [1.54, 1.807) is 4.90 Å². The molecule has 0 aromatic heterocycles. The molecular weight excluding hydrogens is 270 g/mol. The Morgan fingerprint density at radius 1 is 1.33 bits per heavy atom. The highest BCUT2D eigenvalue weighted by Gasteiger charge is 2.40. The first-order chi connectivity index (χ1) is 10.1. The molecule has 2 saturated heterocycles. The molecule has 120 valence electrons. The molecule has 3 unspecified atom stereocenters. The molecule has 6 nitrogen and oxygen atoms in total. The lowest BCUT2D eigenvalue weighted by Crippen LogP contribution is -2.65. The number of morpholine rings is 1. The quantitative estimate of drug-likeness (QED) is 0.789. The average molecular weight is 297 g/mol. The molecule has 0 aromatic carbocycles. The Morgan fingerprint density at radius 2 is 2.10 bits per heavy atom. The first-order valence-corrected chi connectivity index (χ1v) is 7.97. The molecule has 0 radical (unpaired) electrons. The van der Waals surface area contributed by atoms with Gasteiger partial charge in [-0.2, -0.15) is 0 Å². The Kier molecular flexibility index (Phi) is 5.58. The minimum atomic E-state index is -0.369. The van der Waals surface area contributed by atoms with Gasteiger partial charge in [0.05, 0.1) is 12.7 Å². The number of likely N-dealkylation sites (N-methyl/N-ethyl adjacent to an activating group) is 1. The fraction of sp³-hybridized carbons (Fsp3) is 0.867. The molecule has 21 heavy (non-hydrogen) atoms. The lowest BCUT2D eigenvalue weighted by molar-refractivity contribution is -0.153. The topological polar surface area (TPSA) is 61.9 Å². The molecule has 2 amide bonds. The third-order valence-corrected chi connectivity index (χ3v) is 4.28. The summed E-state index contributed by atoms with van der Waals surface area (Å²) in [5.74, 6) is 0.0137. The summed E-state index contributed by atoms with van der Waals surface area (Å²) in [4.78, 5) is 28.8. The third kappa shape index (κ3) is 3.74. The zero-order valence-corrected chi connectivity index (χ0v) is 13.3. The number of carbonyl (C=O) groups is 2. The molecule has 3 atom stereocenters. The molecule has 0 aromatic rings. The standard InChI is InChI=1S/C15H27N3O3/c1-4-6-12-15(20)18(13(5-2)14(19)16-12)10-11-9-17(3)7-8-21-11/h11-13H,4-10H2,1-3H3,(H,16,19). The van der Waals surface area contributed by atoms with Gasteiger partial charge in [0.25, 0.3) is 0 Å². The second-order valence-electron chi connectivity index (χ2n) is 6.02. The van der Waals surface area contributed by atoms with Gasteiger partial charge in [-0.1, -0.05) is 20.3 Å². The Hall–Kier alpha value is -1.14. The van der Waals surface area contributed by atoms with Crippen LogP contribution >= 0.6 is 0 Å². The Bertz CT molecular complexity index is 388. The number of hydrogen-bond donors (Lipinski definition) is 1. The summed E-state index contributed by atoms with van der Waals surface area (Å²) < 4.78 is 5.76. The van der Waals surface area contributed by atoms with Gasteiger partial charge >= 0.3 is 0 Å². The van der Waals surface area contributed by atoms with E-state index in [2.05, 4.69) is 17.3 Å². The molecule has 2 rings (SSSR count). The second-order valence-corrected chi connectivity index (χ2v) is 6.02. The molecule has 6 heteroatoms. The summed E-state index contributed by atoms with van der Waals surface area (Å²) >= 11 is 0. The predicted octanol–water partition coefficient (Wildman–Crippen LogP) is 0.223. The molecule has 0 saturated carbocycles. The van der Waals surface area contributed by atoms with E-state index in [0.29, 0.717) is 26.0 Å². The Balaban J connectivity index is 2.07. The van der Waals surface area contributed by atoms with E-state index in [1.165, 1.54) is 0 Å². The van der Waals surface area contributed by atoms with Gasteiger partial charge in [0, 0.05) is 19.6 Å². The minimum Gasteiger partial charge on any atom is -0.374 e. The highest BCUT2D eigenvalue weighted by Crippen LogP contribution is 2.18. The Morgan fingerprint density at radius 3 is 2.71 bits per heavy atom. The summed E-state index contributed by atoms with van der Waals surface area (Å²) in [5.41, 5.74) is 0. The number of amides is 2. The van der Waals surface area contributed by atoms with Crippen LogP contribution in [0, 0.1) is 0 Å². The van der Waals surface area contributed by atoms with Gasteiger partial charge < -0.3 is 19.9 Å². The van der Waals surface area contributed by atoms with Crippen LogP contribution in [0.3, 0.4) is 0 Å². The molecule has 0 aliphatic carbocycles. The molecule has 0 spiro atoms. The lowest BCUT2D eigenvalue weighted by Gasteiger charge is -2.41. The second kappa shape index (κ2) is 7.22. The van der Waals surface area contributed by atoms with Crippen LogP contribution in [0.2, 0.25) is 0 Å². The van der Waals surface area contributed by atoms with Gasteiger partial charge in [-0.15, -0.1) is 0 Å². The van der Waals surface area contributed by atoms with E-state index in [4.69, 9.17) is 4.74 Å². The minimum absolute atomic E-state index is 0.00470. The van der Waals surface area contributed by atoms with Crippen LogP contribution < -0.4 is 5.32 Å². The van der Waals surface area contributed by atoms with Crippen molar-refractivity contribution in [2.75, 3.05) is 33.3 Å². The SMILES string of the molecule is CCCC1NC(=O)C(CC)N(CC2CN(C)CCO2)C1=O. The fourth-order valence-electron chi connectivity index (χ4n) is 3.13. The van der Waals surface area contributed by atoms with Crippen LogP contribution in [0.25, 0.3) is 0 Å². The smallest absolute Gasteiger partial charge is 0.245 e. The van der Waals surface area contributed by atoms with Crippen LogP contribution in [0.15, 0.2) is 0 Å². The van der Waals surface area contributed by atoms with Crippen molar-refractivity contribution >= 4 is 11.8 Å². The van der Waals surface area contributed by atoms with E-state index in [0.717, 1.165) is 19.5 Å². The summed E-state index contributed by atoms with van der Waals surface area (Å²) in [5, 5.41) is 2.86. The third-order valence-electron chi connectivity index (χ3n) is 4.28. The van der Waals surface area contributed by atoms with Crippen molar-refractivity contribution in [3.63, 3.8) is 0 Å². The van der Waals surface area contributed by atoms with Gasteiger partial charge in [0.1, 0.15) is 12.1 Å². The van der Waals surface area contributed by atoms with E-state index >= 15 is 0 Å². The number of nitrogens with zero attached hydrogens (tertiary/aromatic N) is 2. The Labute approximate surface area is 126 Å². The van der Waals surface area contributed by atoms with Gasteiger partial charge in [-0.25, -0.2) is 0 Å². The van der Waals surface area contributed by atoms with Crippen molar-refractivity contribution < 1.29 is 14.3 Å². The van der Waals surface area contributed by atoms with Gasteiger partial charge in [0.2, 0.25) is 11.8 Å². The number of nitrogens with one attached hydrogen (secondary N) is 1. The molecule has 2 aliphatic rings. The largest absolute Gasteiger partial charge is 0.374 e. The average Bonchev–Trinajstić information content (AvgIpc) is 2.45. The monoisotopic (exact) mass is 297 g/mol. The highest BCUT2D eigenvalue weighted by molar-refractivity contribution is 5.96. The summed E-state index contributed by atoms with van der Waals surface area (Å²) in [6.45, 7) is 6.88. The van der Waals surface area contributed by atoms with E-state index < -0.39 is 0 Å². The predicted molar refractivity (Wildman–Crippen MR) is 79.9 cm³/mol. The molecule has 1 N–H and O–H groups in total. The van der Waals surface area contributed by atoms with Crippen LogP contribution in [0.4, 0.5) is 0 Å². The number of piperazine rings is 1. The zero-order chi connectivity index (χ0) is 15.4. The first-order valence-electron chi connectivity index (χ1n) is 7.97. The molecular formula is C15H27N3O3. The van der Waals surface area contributed by atoms with E-state index in [1.807, 2.05) is 13.8 Å². The van der Waals surface area contributed by atoms with Crippen molar-refractivity contribution in [2.45, 2.75) is 51.3 Å². The van der Waals surface area contributed by atoms with Crippen molar-refractivity contribution in [1.29, 1.82) is 0 Å². The van der Waals surface area contributed by atoms with Crippen molar-refractivity contribution in [1.82, 2.24) is 15.1 Å². The fourth-order valence-corrected chi connectivity index (χ4v) is 3.13. The van der Waals surface area contributed by atoms with Gasteiger partial charge in [-0.05, 0) is 19.9 Å². The van der Waals surface area contributed by atoms with Crippen LogP contribution in [0.5, 0.6) is 0 Å². The maximum Gasteiger partial charge on any atom is 0.245 e. The number of hydrogen-bond acceptors (Lipinski definition) is 4. The molecule has 2 fully saturated rings. The number of carbonyl (C=O) groups excluding carboxylic acids is 2. The number of ether oxygens (including phenoxy) is 1. The summed E-state index contributed by atoms with van der Waals surface area (Å²) in [7, 11) is 2.05. The maximum absolute atomic E-state index is 12.6. The lowest BCUT2D eigenvalue weighted by atomic mass is 10.0. The molecule has 0 bridgehead atoms. The maximum atomic E-state index is 12.6. The molecule has 2 aliphatic heterocycles. The summed E-state index contributed by atoms with van der Waals surface area (Å²) in [6, 6.07) is -0.729. The van der Waals surface area contributed by atoms with E-state index in [9.17, 15) is 9.59 Å². The van der Waals surface area contributed by atoms with Crippen LogP contribution in [-0.2, 0) is 14.3 Å². The van der Waals surface area contributed by atoms with Crippen LogP contribution in [-0.4, -0.2) is 73.1 Å². The van der Waals surface area contributed by atoms with E-state index in [-0.39, 0.29) is 30.0 Å². The zero-order valence-electron chi connectivity index (χ0n) is 13.3.